The van der Waals surface area contributed by atoms with Gasteiger partial charge in [-0.05, 0) is 35.7 Å². The van der Waals surface area contributed by atoms with Crippen LogP contribution in [0.15, 0.2) is 35.0 Å². The summed E-state index contributed by atoms with van der Waals surface area (Å²) in [4.78, 5) is 2.87. The van der Waals surface area contributed by atoms with E-state index < -0.39 is 0 Å². The summed E-state index contributed by atoms with van der Waals surface area (Å²) in [6, 6.07) is 9.83. The minimum atomic E-state index is 0.378. The number of unbranched alkanes of at least 4 members (excludes halogenated alkanes) is 1. The summed E-state index contributed by atoms with van der Waals surface area (Å²) in [5, 5.41) is 8.27. The van der Waals surface area contributed by atoms with E-state index in [0.29, 0.717) is 12.1 Å². The van der Waals surface area contributed by atoms with Crippen LogP contribution in [-0.4, -0.2) is 6.04 Å². The van der Waals surface area contributed by atoms with E-state index in [4.69, 9.17) is 0 Å². The lowest BCUT2D eigenvalue weighted by atomic mass is 10.0. The van der Waals surface area contributed by atoms with Gasteiger partial charge in [-0.1, -0.05) is 45.2 Å². The number of nitrogens with one attached hydrogen (secondary N) is 1. The second-order valence-corrected chi connectivity index (χ2v) is 7.22. The highest BCUT2D eigenvalue weighted by Gasteiger charge is 2.19. The standard InChI is InChI=1S/C17H25NS2/c1-3-5-9-14(8-4-2)18-17(15-10-6-12-19-15)16-11-7-13-20-16/h6-7,10-14,17-18H,3-5,8-9H2,1-2H3. The molecular formula is C17H25NS2. The molecule has 20 heavy (non-hydrogen) atoms. The van der Waals surface area contributed by atoms with Crippen LogP contribution in [0.2, 0.25) is 0 Å². The first-order chi connectivity index (χ1) is 9.85. The second-order valence-electron chi connectivity index (χ2n) is 5.26. The number of thiophene rings is 2. The normalized spacial score (nSPS) is 12.9. The molecule has 2 aromatic rings. The molecule has 2 aromatic heterocycles. The lowest BCUT2D eigenvalue weighted by Crippen LogP contribution is -2.32. The van der Waals surface area contributed by atoms with Gasteiger partial charge in [0.05, 0.1) is 6.04 Å². The molecule has 0 saturated carbocycles. The molecule has 0 aliphatic rings. The van der Waals surface area contributed by atoms with E-state index in [1.165, 1.54) is 41.9 Å². The summed E-state index contributed by atoms with van der Waals surface area (Å²) in [6.07, 6.45) is 6.41. The molecule has 1 unspecified atom stereocenters. The van der Waals surface area contributed by atoms with Crippen molar-refractivity contribution in [2.45, 2.75) is 58.0 Å². The molecule has 0 bridgehead atoms. The van der Waals surface area contributed by atoms with E-state index in [-0.39, 0.29) is 0 Å². The van der Waals surface area contributed by atoms with Crippen LogP contribution < -0.4 is 5.32 Å². The largest absolute Gasteiger partial charge is 0.302 e. The molecule has 110 valence electrons. The molecule has 0 saturated heterocycles. The van der Waals surface area contributed by atoms with Crippen molar-refractivity contribution >= 4 is 22.7 Å². The molecule has 1 atom stereocenters. The summed E-state index contributed by atoms with van der Waals surface area (Å²) >= 11 is 3.71. The van der Waals surface area contributed by atoms with E-state index in [2.05, 4.69) is 54.2 Å². The quantitative estimate of drug-likeness (QED) is 0.613. The fourth-order valence-electron chi connectivity index (χ4n) is 2.56. The summed E-state index contributed by atoms with van der Waals surface area (Å²) < 4.78 is 0. The molecule has 0 fully saturated rings. The summed E-state index contributed by atoms with van der Waals surface area (Å²) in [5.74, 6) is 0. The molecule has 3 heteroatoms. The third-order valence-corrected chi connectivity index (χ3v) is 5.48. The minimum absolute atomic E-state index is 0.378. The van der Waals surface area contributed by atoms with Crippen molar-refractivity contribution in [1.82, 2.24) is 5.32 Å². The van der Waals surface area contributed by atoms with Crippen molar-refractivity contribution in [3.05, 3.63) is 44.8 Å². The van der Waals surface area contributed by atoms with Crippen LogP contribution in [0.4, 0.5) is 0 Å². The number of rotatable bonds is 9. The first-order valence-electron chi connectivity index (χ1n) is 7.68. The Morgan fingerprint density at radius 1 is 0.950 bits per heavy atom. The zero-order valence-corrected chi connectivity index (χ0v) is 14.1. The first kappa shape index (κ1) is 15.7. The Bertz CT molecular complexity index is 413. The smallest absolute Gasteiger partial charge is 0.0766 e. The lowest BCUT2D eigenvalue weighted by molar-refractivity contribution is 0.412. The summed E-state index contributed by atoms with van der Waals surface area (Å²) in [7, 11) is 0. The predicted molar refractivity (Wildman–Crippen MR) is 91.8 cm³/mol. The van der Waals surface area contributed by atoms with Gasteiger partial charge in [-0.25, -0.2) is 0 Å². The van der Waals surface area contributed by atoms with Crippen LogP contribution in [-0.2, 0) is 0 Å². The van der Waals surface area contributed by atoms with Crippen molar-refractivity contribution in [1.29, 1.82) is 0 Å². The van der Waals surface area contributed by atoms with Gasteiger partial charge in [0.2, 0.25) is 0 Å². The first-order valence-corrected chi connectivity index (χ1v) is 9.44. The Hall–Kier alpha value is -0.640. The maximum atomic E-state index is 3.92. The van der Waals surface area contributed by atoms with Gasteiger partial charge in [-0.15, -0.1) is 22.7 Å². The van der Waals surface area contributed by atoms with E-state index >= 15 is 0 Å². The average molecular weight is 308 g/mol. The summed E-state index contributed by atoms with van der Waals surface area (Å²) in [6.45, 7) is 4.56. The van der Waals surface area contributed by atoms with Crippen molar-refractivity contribution in [3.8, 4) is 0 Å². The van der Waals surface area contributed by atoms with Crippen LogP contribution >= 0.6 is 22.7 Å². The molecule has 0 amide bonds. The highest BCUT2D eigenvalue weighted by Crippen LogP contribution is 2.30. The average Bonchev–Trinajstić information content (AvgIpc) is 3.14. The second kappa shape index (κ2) is 8.60. The molecule has 0 aliphatic heterocycles. The minimum Gasteiger partial charge on any atom is -0.302 e. The SMILES string of the molecule is CCCCC(CCC)NC(c1cccs1)c1cccs1. The van der Waals surface area contributed by atoms with Gasteiger partial charge in [0.25, 0.3) is 0 Å². The van der Waals surface area contributed by atoms with Crippen LogP contribution in [0.5, 0.6) is 0 Å². The van der Waals surface area contributed by atoms with E-state index in [9.17, 15) is 0 Å². The van der Waals surface area contributed by atoms with Gasteiger partial charge in [0, 0.05) is 15.8 Å². The van der Waals surface area contributed by atoms with Crippen LogP contribution in [0.1, 0.15) is 61.7 Å². The molecule has 0 aliphatic carbocycles. The fourth-order valence-corrected chi connectivity index (χ4v) is 4.24. The van der Waals surface area contributed by atoms with Gasteiger partial charge in [0.15, 0.2) is 0 Å². The van der Waals surface area contributed by atoms with Crippen molar-refractivity contribution in [2.24, 2.45) is 0 Å². The Labute approximate surface area is 131 Å². The highest BCUT2D eigenvalue weighted by atomic mass is 32.1. The van der Waals surface area contributed by atoms with Crippen molar-refractivity contribution < 1.29 is 0 Å². The molecule has 1 N–H and O–H groups in total. The fraction of sp³-hybridized carbons (Fsp3) is 0.529. The zero-order chi connectivity index (χ0) is 14.2. The third-order valence-electron chi connectivity index (χ3n) is 3.60. The molecule has 2 rings (SSSR count). The molecule has 0 radical (unpaired) electrons. The highest BCUT2D eigenvalue weighted by molar-refractivity contribution is 7.11. The lowest BCUT2D eigenvalue weighted by Gasteiger charge is -2.24. The van der Waals surface area contributed by atoms with Gasteiger partial charge < -0.3 is 5.32 Å². The monoisotopic (exact) mass is 307 g/mol. The van der Waals surface area contributed by atoms with Crippen LogP contribution in [0, 0.1) is 0 Å². The van der Waals surface area contributed by atoms with E-state index in [0.717, 1.165) is 0 Å². The number of hydrogen-bond donors (Lipinski definition) is 1. The molecule has 1 nitrogen and oxygen atoms in total. The molecular weight excluding hydrogens is 282 g/mol. The van der Waals surface area contributed by atoms with Gasteiger partial charge in [-0.3, -0.25) is 0 Å². The topological polar surface area (TPSA) is 12.0 Å². The van der Waals surface area contributed by atoms with Crippen molar-refractivity contribution in [3.63, 3.8) is 0 Å². The Balaban J connectivity index is 2.10. The maximum Gasteiger partial charge on any atom is 0.0766 e. The number of hydrogen-bond acceptors (Lipinski definition) is 3. The third kappa shape index (κ3) is 4.44. The van der Waals surface area contributed by atoms with Gasteiger partial charge in [-0.2, -0.15) is 0 Å². The van der Waals surface area contributed by atoms with Gasteiger partial charge in [0.1, 0.15) is 0 Å². The van der Waals surface area contributed by atoms with Crippen molar-refractivity contribution in [2.75, 3.05) is 0 Å². The van der Waals surface area contributed by atoms with E-state index in [1.54, 1.807) is 0 Å². The van der Waals surface area contributed by atoms with Crippen LogP contribution in [0.3, 0.4) is 0 Å². The van der Waals surface area contributed by atoms with Gasteiger partial charge >= 0.3 is 0 Å². The summed E-state index contributed by atoms with van der Waals surface area (Å²) in [5.41, 5.74) is 0. The maximum absolute atomic E-state index is 3.92. The predicted octanol–water partition coefficient (Wildman–Crippen LogP) is 5.85. The zero-order valence-electron chi connectivity index (χ0n) is 12.5. The Kier molecular flexibility index (Phi) is 6.77. The molecule has 2 heterocycles. The Morgan fingerprint density at radius 2 is 1.60 bits per heavy atom. The van der Waals surface area contributed by atoms with Crippen LogP contribution in [0.25, 0.3) is 0 Å². The molecule has 0 spiro atoms. The van der Waals surface area contributed by atoms with E-state index in [1.807, 2.05) is 22.7 Å². The Morgan fingerprint density at radius 3 is 2.05 bits per heavy atom. The molecule has 0 aromatic carbocycles.